The van der Waals surface area contributed by atoms with Gasteiger partial charge in [-0.3, -0.25) is 14.4 Å². The second-order valence-electron chi connectivity index (χ2n) is 6.50. The van der Waals surface area contributed by atoms with E-state index in [1.807, 2.05) is 0 Å². The van der Waals surface area contributed by atoms with E-state index in [1.54, 1.807) is 4.68 Å². The maximum Gasteiger partial charge on any atom is 0.241 e. The van der Waals surface area contributed by atoms with E-state index in [-0.39, 0.29) is 5.91 Å². The molecule has 1 aromatic heterocycles. The summed E-state index contributed by atoms with van der Waals surface area (Å²) < 4.78 is 1.81. The maximum atomic E-state index is 12.0. The zero-order chi connectivity index (χ0) is 15.4. The molecule has 2 aliphatic rings. The Morgan fingerprint density at radius 3 is 2.77 bits per heavy atom. The molecule has 0 saturated carbocycles. The summed E-state index contributed by atoms with van der Waals surface area (Å²) in [7, 11) is 2.16. The molecule has 1 fully saturated rings. The van der Waals surface area contributed by atoms with Crippen LogP contribution < -0.4 is 5.32 Å². The fraction of sp³-hybridized carbons (Fsp3) is 0.750. The summed E-state index contributed by atoms with van der Waals surface area (Å²) in [5.41, 5.74) is 2.52. The number of hydrogen-bond acceptors (Lipinski definition) is 4. The van der Waals surface area contributed by atoms with Crippen LogP contribution in [-0.2, 0) is 24.2 Å². The predicted molar refractivity (Wildman–Crippen MR) is 85.8 cm³/mol. The number of amides is 1. The molecule has 0 unspecified atom stereocenters. The molecule has 22 heavy (non-hydrogen) atoms. The quantitative estimate of drug-likeness (QED) is 0.840. The molecule has 1 aliphatic carbocycles. The average molecular weight is 305 g/mol. The van der Waals surface area contributed by atoms with Gasteiger partial charge in [0, 0.05) is 45.5 Å². The van der Waals surface area contributed by atoms with Crippen LogP contribution in [0.5, 0.6) is 0 Å². The van der Waals surface area contributed by atoms with E-state index in [4.69, 9.17) is 0 Å². The Hall–Kier alpha value is -1.40. The molecule has 1 saturated heterocycles. The highest BCUT2D eigenvalue weighted by atomic mass is 16.2. The van der Waals surface area contributed by atoms with E-state index in [2.05, 4.69) is 33.5 Å². The number of carbonyl (C=O) groups excluding carboxylic acids is 1. The first-order valence-corrected chi connectivity index (χ1v) is 8.43. The van der Waals surface area contributed by atoms with Crippen molar-refractivity contribution < 1.29 is 4.79 Å². The lowest BCUT2D eigenvalue weighted by atomic mass is 9.99. The lowest BCUT2D eigenvalue weighted by Gasteiger charge is -2.32. The summed E-state index contributed by atoms with van der Waals surface area (Å²) in [6.07, 6.45) is 6.69. The molecular formula is C16H27N5O. The Kier molecular flexibility index (Phi) is 5.10. The molecule has 122 valence electrons. The van der Waals surface area contributed by atoms with E-state index in [0.717, 1.165) is 52.1 Å². The molecule has 2 heterocycles. The van der Waals surface area contributed by atoms with Gasteiger partial charge < -0.3 is 10.2 Å². The second-order valence-corrected chi connectivity index (χ2v) is 6.50. The standard InChI is InChI=1S/C16H27N5O/c1-19-8-10-20(11-9-19)7-6-17-16(22)13-21-12-14-4-2-3-5-15(14)18-21/h12H,2-11,13H2,1H3,(H,17,22). The van der Waals surface area contributed by atoms with Crippen molar-refractivity contribution in [3.8, 4) is 0 Å². The van der Waals surface area contributed by atoms with Crippen LogP contribution in [-0.4, -0.2) is 71.8 Å². The Morgan fingerprint density at radius 1 is 1.23 bits per heavy atom. The number of nitrogens with one attached hydrogen (secondary N) is 1. The molecule has 0 spiro atoms. The van der Waals surface area contributed by atoms with Crippen molar-refractivity contribution >= 4 is 5.91 Å². The van der Waals surface area contributed by atoms with Crippen LogP contribution in [0.4, 0.5) is 0 Å². The molecule has 1 aliphatic heterocycles. The summed E-state index contributed by atoms with van der Waals surface area (Å²) in [5.74, 6) is 0.0639. The molecule has 3 rings (SSSR count). The van der Waals surface area contributed by atoms with Gasteiger partial charge >= 0.3 is 0 Å². The topological polar surface area (TPSA) is 53.4 Å². The number of aryl methyl sites for hydroxylation is 2. The number of likely N-dealkylation sites (N-methyl/N-ethyl adjacent to an activating group) is 1. The van der Waals surface area contributed by atoms with Gasteiger partial charge in [0.2, 0.25) is 5.91 Å². The van der Waals surface area contributed by atoms with E-state index in [0.29, 0.717) is 6.54 Å². The minimum Gasteiger partial charge on any atom is -0.353 e. The van der Waals surface area contributed by atoms with Crippen molar-refractivity contribution in [3.05, 3.63) is 17.5 Å². The Labute approximate surface area is 132 Å². The molecule has 1 N–H and O–H groups in total. The lowest BCUT2D eigenvalue weighted by molar-refractivity contribution is -0.121. The van der Waals surface area contributed by atoms with Crippen molar-refractivity contribution in [2.45, 2.75) is 32.2 Å². The van der Waals surface area contributed by atoms with Crippen LogP contribution >= 0.6 is 0 Å². The fourth-order valence-corrected chi connectivity index (χ4v) is 3.24. The molecule has 0 atom stereocenters. The number of aromatic nitrogens is 2. The molecule has 0 radical (unpaired) electrons. The van der Waals surface area contributed by atoms with Gasteiger partial charge in [0.05, 0.1) is 5.69 Å². The predicted octanol–water partition coefficient (Wildman–Crippen LogP) is 0.126. The summed E-state index contributed by atoms with van der Waals surface area (Å²) in [4.78, 5) is 16.8. The largest absolute Gasteiger partial charge is 0.353 e. The number of carbonyl (C=O) groups is 1. The Morgan fingerprint density at radius 2 is 2.00 bits per heavy atom. The summed E-state index contributed by atoms with van der Waals surface area (Å²) in [6, 6.07) is 0. The minimum absolute atomic E-state index is 0.0639. The zero-order valence-electron chi connectivity index (χ0n) is 13.6. The smallest absolute Gasteiger partial charge is 0.241 e. The van der Waals surface area contributed by atoms with Crippen molar-refractivity contribution in [2.24, 2.45) is 0 Å². The third-order valence-electron chi connectivity index (χ3n) is 4.69. The van der Waals surface area contributed by atoms with Crippen LogP contribution in [0.25, 0.3) is 0 Å². The van der Waals surface area contributed by atoms with E-state index in [9.17, 15) is 4.79 Å². The summed E-state index contributed by atoms with van der Waals surface area (Å²) in [6.45, 7) is 6.44. The Bertz CT molecular complexity index is 481. The first kappa shape index (κ1) is 15.5. The SMILES string of the molecule is CN1CCN(CCNC(=O)Cn2cc3c(n2)CCCC3)CC1. The highest BCUT2D eigenvalue weighted by Crippen LogP contribution is 2.19. The van der Waals surface area contributed by atoms with E-state index in [1.165, 1.54) is 24.1 Å². The first-order valence-electron chi connectivity index (χ1n) is 8.43. The van der Waals surface area contributed by atoms with Crippen LogP contribution in [0.15, 0.2) is 6.20 Å². The van der Waals surface area contributed by atoms with Crippen molar-refractivity contribution in [1.29, 1.82) is 0 Å². The van der Waals surface area contributed by atoms with Crippen LogP contribution in [0.1, 0.15) is 24.1 Å². The zero-order valence-corrected chi connectivity index (χ0v) is 13.6. The highest BCUT2D eigenvalue weighted by Gasteiger charge is 2.15. The van der Waals surface area contributed by atoms with Crippen molar-refractivity contribution in [2.75, 3.05) is 46.3 Å². The third-order valence-corrected chi connectivity index (χ3v) is 4.69. The van der Waals surface area contributed by atoms with Crippen LogP contribution in [0, 0.1) is 0 Å². The number of hydrogen-bond donors (Lipinski definition) is 1. The first-order chi connectivity index (χ1) is 10.7. The van der Waals surface area contributed by atoms with Gasteiger partial charge in [-0.25, -0.2) is 0 Å². The minimum atomic E-state index is 0.0639. The number of piperazine rings is 1. The number of fused-ring (bicyclic) bond motifs is 1. The number of nitrogens with zero attached hydrogens (tertiary/aromatic N) is 4. The van der Waals surface area contributed by atoms with Crippen molar-refractivity contribution in [3.63, 3.8) is 0 Å². The highest BCUT2D eigenvalue weighted by molar-refractivity contribution is 5.75. The molecule has 6 nitrogen and oxygen atoms in total. The van der Waals surface area contributed by atoms with Gasteiger partial charge in [-0.1, -0.05) is 0 Å². The molecule has 1 aromatic rings. The molecular weight excluding hydrogens is 278 g/mol. The normalized spacial score (nSPS) is 19.9. The summed E-state index contributed by atoms with van der Waals surface area (Å²) >= 11 is 0. The second kappa shape index (κ2) is 7.24. The van der Waals surface area contributed by atoms with Gasteiger partial charge in [-0.2, -0.15) is 5.10 Å². The fourth-order valence-electron chi connectivity index (χ4n) is 3.24. The maximum absolute atomic E-state index is 12.0. The third kappa shape index (κ3) is 4.08. The van der Waals surface area contributed by atoms with Gasteiger partial charge in [0.25, 0.3) is 0 Å². The van der Waals surface area contributed by atoms with Crippen molar-refractivity contribution in [1.82, 2.24) is 24.9 Å². The lowest BCUT2D eigenvalue weighted by Crippen LogP contribution is -2.47. The summed E-state index contributed by atoms with van der Waals surface area (Å²) in [5, 5.41) is 7.55. The van der Waals surface area contributed by atoms with E-state index >= 15 is 0 Å². The average Bonchev–Trinajstić information content (AvgIpc) is 2.91. The number of rotatable bonds is 5. The van der Waals surface area contributed by atoms with Gasteiger partial charge in [-0.05, 0) is 38.3 Å². The molecule has 6 heteroatoms. The van der Waals surface area contributed by atoms with Gasteiger partial charge in [-0.15, -0.1) is 0 Å². The Balaban J connectivity index is 1.38. The van der Waals surface area contributed by atoms with E-state index < -0.39 is 0 Å². The molecule has 0 aromatic carbocycles. The molecule has 0 bridgehead atoms. The van der Waals surface area contributed by atoms with Gasteiger partial charge in [0.1, 0.15) is 6.54 Å². The monoisotopic (exact) mass is 305 g/mol. The van der Waals surface area contributed by atoms with Crippen LogP contribution in [0.3, 0.4) is 0 Å². The van der Waals surface area contributed by atoms with Crippen LogP contribution in [0.2, 0.25) is 0 Å². The van der Waals surface area contributed by atoms with Gasteiger partial charge in [0.15, 0.2) is 0 Å². The molecule has 1 amide bonds.